The number of hydrogen-bond acceptors (Lipinski definition) is 4. The zero-order valence-corrected chi connectivity index (χ0v) is 11.4. The van der Waals surface area contributed by atoms with Gasteiger partial charge in [-0.05, 0) is 45.4 Å². The van der Waals surface area contributed by atoms with E-state index in [0.717, 1.165) is 11.3 Å². The highest BCUT2D eigenvalue weighted by molar-refractivity contribution is 5.79. The van der Waals surface area contributed by atoms with Gasteiger partial charge in [-0.15, -0.1) is 0 Å². The van der Waals surface area contributed by atoms with Crippen molar-refractivity contribution < 1.29 is 14.6 Å². The Morgan fingerprint density at radius 3 is 2.67 bits per heavy atom. The Morgan fingerprint density at radius 2 is 2.11 bits per heavy atom. The van der Waals surface area contributed by atoms with Crippen LogP contribution in [0.1, 0.15) is 33.3 Å². The lowest BCUT2D eigenvalue weighted by atomic mass is 10.2. The van der Waals surface area contributed by atoms with Gasteiger partial charge in [-0.25, -0.2) is 4.79 Å². The van der Waals surface area contributed by atoms with Crippen LogP contribution in [0.25, 0.3) is 0 Å². The maximum atomic E-state index is 11.8. The number of carbonyl (C=O) groups is 1. The summed E-state index contributed by atoms with van der Waals surface area (Å²) in [6.45, 7) is 7.24. The molecule has 1 rings (SSSR count). The molecular weight excluding hydrogens is 230 g/mol. The normalized spacial score (nSPS) is 12.9. The Balaban J connectivity index is 2.63. The summed E-state index contributed by atoms with van der Waals surface area (Å²) in [6.07, 6.45) is 0. The zero-order chi connectivity index (χ0) is 13.8. The lowest BCUT2D eigenvalue weighted by molar-refractivity contribution is -0.155. The molecule has 0 aliphatic rings. The molecule has 4 heteroatoms. The maximum Gasteiger partial charge on any atom is 0.328 e. The number of ether oxygens (including phenoxy) is 1. The van der Waals surface area contributed by atoms with Crippen LogP contribution >= 0.6 is 0 Å². The summed E-state index contributed by atoms with van der Waals surface area (Å²) >= 11 is 0. The van der Waals surface area contributed by atoms with Gasteiger partial charge in [0, 0.05) is 5.69 Å². The van der Waals surface area contributed by atoms with Crippen molar-refractivity contribution in [2.75, 3.05) is 5.32 Å². The molecule has 0 saturated heterocycles. The Bertz CT molecular complexity index is 410. The number of nitrogens with one attached hydrogen (secondary N) is 1. The minimum atomic E-state index is -0.486. The third-order valence-corrected chi connectivity index (χ3v) is 2.25. The summed E-state index contributed by atoms with van der Waals surface area (Å²) in [4.78, 5) is 11.8. The first-order chi connectivity index (χ1) is 8.31. The Hall–Kier alpha value is -1.55. The van der Waals surface area contributed by atoms with Crippen LogP contribution in [0.15, 0.2) is 24.3 Å². The molecule has 1 aromatic rings. The quantitative estimate of drug-likeness (QED) is 0.806. The van der Waals surface area contributed by atoms with Crippen LogP contribution in [0.4, 0.5) is 5.69 Å². The average molecular weight is 251 g/mol. The van der Waals surface area contributed by atoms with Crippen molar-refractivity contribution in [3.63, 3.8) is 0 Å². The van der Waals surface area contributed by atoms with E-state index in [9.17, 15) is 4.79 Å². The molecule has 1 atom stereocenters. The Kier molecular flexibility index (Phi) is 4.73. The lowest BCUT2D eigenvalue weighted by Gasteiger charge is -2.23. The minimum absolute atomic E-state index is 0.0175. The van der Waals surface area contributed by atoms with Crippen molar-refractivity contribution in [2.24, 2.45) is 0 Å². The molecule has 0 aliphatic heterocycles. The second kappa shape index (κ2) is 5.87. The van der Waals surface area contributed by atoms with Crippen LogP contribution in [0.3, 0.4) is 0 Å². The number of aliphatic hydroxyl groups is 1. The number of hydrogen-bond donors (Lipinski definition) is 2. The number of aliphatic hydroxyl groups excluding tert-OH is 1. The summed E-state index contributed by atoms with van der Waals surface area (Å²) in [6, 6.07) is 6.87. The SMILES string of the molecule is CC(Nc1cccc(CO)c1)C(=O)OC(C)(C)C. The standard InChI is InChI=1S/C14H21NO3/c1-10(13(17)18-14(2,3)4)15-12-7-5-6-11(8-12)9-16/h5-8,10,15-16H,9H2,1-4H3. The smallest absolute Gasteiger partial charge is 0.328 e. The van der Waals surface area contributed by atoms with Crippen LogP contribution in [-0.4, -0.2) is 22.7 Å². The van der Waals surface area contributed by atoms with E-state index >= 15 is 0 Å². The lowest BCUT2D eigenvalue weighted by Crippen LogP contribution is -2.34. The zero-order valence-electron chi connectivity index (χ0n) is 11.4. The number of anilines is 1. The summed E-state index contributed by atoms with van der Waals surface area (Å²) in [7, 11) is 0. The first kappa shape index (κ1) is 14.5. The molecule has 0 aromatic heterocycles. The van der Waals surface area contributed by atoms with Gasteiger partial charge >= 0.3 is 5.97 Å². The molecule has 4 nitrogen and oxygen atoms in total. The fourth-order valence-corrected chi connectivity index (χ4v) is 1.46. The highest BCUT2D eigenvalue weighted by Gasteiger charge is 2.21. The van der Waals surface area contributed by atoms with Crippen molar-refractivity contribution in [2.45, 2.75) is 45.9 Å². The van der Waals surface area contributed by atoms with Gasteiger partial charge in [0.15, 0.2) is 0 Å². The fraction of sp³-hybridized carbons (Fsp3) is 0.500. The molecule has 0 radical (unpaired) electrons. The molecule has 2 N–H and O–H groups in total. The molecular formula is C14H21NO3. The molecule has 0 aliphatic carbocycles. The number of carbonyl (C=O) groups excluding carboxylic acids is 1. The third kappa shape index (κ3) is 4.75. The van der Waals surface area contributed by atoms with Gasteiger partial charge in [0.05, 0.1) is 6.61 Å². The van der Waals surface area contributed by atoms with Gasteiger partial charge < -0.3 is 15.2 Å². The topological polar surface area (TPSA) is 58.6 Å². The molecule has 1 unspecified atom stereocenters. The van der Waals surface area contributed by atoms with Crippen LogP contribution in [0.5, 0.6) is 0 Å². The van der Waals surface area contributed by atoms with Crippen LogP contribution < -0.4 is 5.32 Å². The molecule has 0 bridgehead atoms. The van der Waals surface area contributed by atoms with E-state index in [2.05, 4.69) is 5.32 Å². The van der Waals surface area contributed by atoms with Gasteiger partial charge in [0.1, 0.15) is 11.6 Å². The molecule has 0 spiro atoms. The van der Waals surface area contributed by atoms with Gasteiger partial charge in [-0.2, -0.15) is 0 Å². The van der Waals surface area contributed by atoms with E-state index in [-0.39, 0.29) is 12.6 Å². The molecule has 0 saturated carbocycles. The second-order valence-corrected chi connectivity index (χ2v) is 5.26. The average Bonchev–Trinajstić information content (AvgIpc) is 2.27. The molecule has 0 heterocycles. The van der Waals surface area contributed by atoms with Crippen molar-refractivity contribution in [3.05, 3.63) is 29.8 Å². The minimum Gasteiger partial charge on any atom is -0.458 e. The number of rotatable bonds is 4. The predicted molar refractivity (Wildman–Crippen MR) is 71.3 cm³/mol. The number of esters is 1. The molecule has 100 valence electrons. The van der Waals surface area contributed by atoms with Gasteiger partial charge in [-0.3, -0.25) is 0 Å². The maximum absolute atomic E-state index is 11.8. The van der Waals surface area contributed by atoms with Crippen molar-refractivity contribution in [1.29, 1.82) is 0 Å². The van der Waals surface area contributed by atoms with E-state index in [0.29, 0.717) is 0 Å². The molecule has 0 fully saturated rings. The van der Waals surface area contributed by atoms with Crippen molar-refractivity contribution in [1.82, 2.24) is 0 Å². The van der Waals surface area contributed by atoms with Crippen LogP contribution in [-0.2, 0) is 16.1 Å². The van der Waals surface area contributed by atoms with Crippen molar-refractivity contribution in [3.8, 4) is 0 Å². The van der Waals surface area contributed by atoms with Crippen molar-refractivity contribution >= 4 is 11.7 Å². The van der Waals surface area contributed by atoms with E-state index in [4.69, 9.17) is 9.84 Å². The Labute approximate surface area is 108 Å². The summed E-state index contributed by atoms with van der Waals surface area (Å²) in [5.41, 5.74) is 1.11. The first-order valence-corrected chi connectivity index (χ1v) is 6.01. The highest BCUT2D eigenvalue weighted by Crippen LogP contribution is 2.14. The Morgan fingerprint density at radius 1 is 1.44 bits per heavy atom. The number of benzene rings is 1. The summed E-state index contributed by atoms with van der Waals surface area (Å²) in [5, 5.41) is 12.1. The van der Waals surface area contributed by atoms with E-state index < -0.39 is 11.6 Å². The summed E-state index contributed by atoms with van der Waals surface area (Å²) < 4.78 is 5.28. The van der Waals surface area contributed by atoms with E-state index in [1.165, 1.54) is 0 Å². The summed E-state index contributed by atoms with van der Waals surface area (Å²) in [5.74, 6) is -0.295. The largest absolute Gasteiger partial charge is 0.458 e. The molecule has 1 aromatic carbocycles. The molecule has 0 amide bonds. The van der Waals surface area contributed by atoms with Crippen LogP contribution in [0, 0.1) is 0 Å². The van der Waals surface area contributed by atoms with Gasteiger partial charge in [0.2, 0.25) is 0 Å². The monoisotopic (exact) mass is 251 g/mol. The predicted octanol–water partition coefficient (Wildman–Crippen LogP) is 2.32. The van der Waals surface area contributed by atoms with E-state index in [1.807, 2.05) is 39.0 Å². The highest BCUT2D eigenvalue weighted by atomic mass is 16.6. The second-order valence-electron chi connectivity index (χ2n) is 5.26. The first-order valence-electron chi connectivity index (χ1n) is 6.01. The van der Waals surface area contributed by atoms with E-state index in [1.54, 1.807) is 13.0 Å². The van der Waals surface area contributed by atoms with Crippen LogP contribution in [0.2, 0.25) is 0 Å². The fourth-order valence-electron chi connectivity index (χ4n) is 1.46. The third-order valence-electron chi connectivity index (χ3n) is 2.25. The van der Waals surface area contributed by atoms with Gasteiger partial charge in [-0.1, -0.05) is 12.1 Å². The van der Waals surface area contributed by atoms with Gasteiger partial charge in [0.25, 0.3) is 0 Å². The molecule has 18 heavy (non-hydrogen) atoms.